The number of esters is 1. The second-order valence-electron chi connectivity index (χ2n) is 24.2. The van der Waals surface area contributed by atoms with Crippen molar-refractivity contribution in [2.75, 3.05) is 13.2 Å². The minimum Gasteiger partial charge on any atom is -0.466 e. The van der Waals surface area contributed by atoms with Crippen molar-refractivity contribution in [3.63, 3.8) is 0 Å². The molecule has 0 aliphatic rings. The first-order chi connectivity index (χ1) is 38.0. The van der Waals surface area contributed by atoms with Gasteiger partial charge in [0.2, 0.25) is 5.91 Å². The van der Waals surface area contributed by atoms with Gasteiger partial charge in [-0.05, 0) is 57.8 Å². The zero-order chi connectivity index (χ0) is 55.7. The summed E-state index contributed by atoms with van der Waals surface area (Å²) >= 11 is 0. The Kier molecular flexibility index (Phi) is 65.4. The summed E-state index contributed by atoms with van der Waals surface area (Å²) in [5.41, 5.74) is 0. The minimum absolute atomic E-state index is 0.0142. The Morgan fingerprint density at radius 1 is 0.351 bits per heavy atom. The summed E-state index contributed by atoms with van der Waals surface area (Å²) in [6, 6.07) is -0.622. The Hall–Kier alpha value is -1.66. The first-order valence-electron chi connectivity index (χ1n) is 35.1. The van der Waals surface area contributed by atoms with Crippen molar-refractivity contribution in [3.8, 4) is 0 Å². The number of ether oxygens (including phenoxy) is 1. The molecule has 0 bridgehead atoms. The Morgan fingerprint density at radius 3 is 0.922 bits per heavy atom. The SMILES string of the molecule is CCCCCCC/C=C\CCCCCCCC(=O)OCCCCCCCCCCCCCCCCCCCCCCCCCCCCCCCCCCCCCC(=O)NC(CO)C(O)/C=C/CCCCCCCCCCC. The molecule has 0 aromatic carbocycles. The summed E-state index contributed by atoms with van der Waals surface area (Å²) in [5.74, 6) is -0.0481. The third kappa shape index (κ3) is 63.4. The molecule has 3 N–H and O–H groups in total. The average Bonchev–Trinajstić information content (AvgIpc) is 3.43. The molecule has 6 heteroatoms. The van der Waals surface area contributed by atoms with Crippen LogP contribution in [-0.4, -0.2) is 47.4 Å². The lowest BCUT2D eigenvalue weighted by atomic mass is 10.0. The predicted octanol–water partition coefficient (Wildman–Crippen LogP) is 22.5. The fourth-order valence-corrected chi connectivity index (χ4v) is 11.1. The summed E-state index contributed by atoms with van der Waals surface area (Å²) in [7, 11) is 0. The highest BCUT2D eigenvalue weighted by molar-refractivity contribution is 5.76. The van der Waals surface area contributed by atoms with E-state index in [2.05, 4.69) is 31.3 Å². The first-order valence-corrected chi connectivity index (χ1v) is 35.1. The monoisotopic (exact) mass is 1080 g/mol. The van der Waals surface area contributed by atoms with Crippen molar-refractivity contribution in [1.29, 1.82) is 0 Å². The van der Waals surface area contributed by atoms with E-state index in [-0.39, 0.29) is 18.5 Å². The van der Waals surface area contributed by atoms with Gasteiger partial charge in [0.25, 0.3) is 0 Å². The van der Waals surface area contributed by atoms with Crippen molar-refractivity contribution in [2.45, 2.75) is 405 Å². The number of unbranched alkanes of at least 4 members (excludes halogenated alkanes) is 53. The van der Waals surface area contributed by atoms with E-state index in [0.29, 0.717) is 19.4 Å². The molecule has 6 nitrogen and oxygen atoms in total. The van der Waals surface area contributed by atoms with Gasteiger partial charge in [0.1, 0.15) is 0 Å². The normalized spacial score (nSPS) is 12.6. The third-order valence-corrected chi connectivity index (χ3v) is 16.5. The Bertz CT molecular complexity index is 1200. The fourth-order valence-electron chi connectivity index (χ4n) is 11.1. The standard InChI is InChI=1S/C71H137NO5/c1-3-5-7-9-11-13-15-16-41-45-49-53-57-61-65-71(76)77-66-62-58-54-50-46-42-39-37-35-33-31-29-27-25-23-21-19-17-18-20-22-24-26-28-30-32-34-36-38-40-44-48-52-56-60-64-70(75)72-68(67-73)69(74)63-59-55-51-47-43-14-12-10-8-6-4-2/h15-16,59,63,68-69,73-74H,3-14,17-58,60-62,64-67H2,1-2H3,(H,72,75)/b16-15-,63-59+. The van der Waals surface area contributed by atoms with Crippen LogP contribution in [-0.2, 0) is 14.3 Å². The average molecular weight is 1080 g/mol. The van der Waals surface area contributed by atoms with Gasteiger partial charge in [-0.15, -0.1) is 0 Å². The van der Waals surface area contributed by atoms with Crippen LogP contribution in [0.2, 0.25) is 0 Å². The summed E-state index contributed by atoms with van der Waals surface area (Å²) < 4.78 is 5.49. The highest BCUT2D eigenvalue weighted by Crippen LogP contribution is 2.19. The topological polar surface area (TPSA) is 95.9 Å². The van der Waals surface area contributed by atoms with Crippen LogP contribution >= 0.6 is 0 Å². The lowest BCUT2D eigenvalue weighted by Crippen LogP contribution is -2.45. The minimum atomic E-state index is -0.839. The van der Waals surface area contributed by atoms with Gasteiger partial charge < -0.3 is 20.3 Å². The molecule has 0 aromatic heterocycles. The number of aliphatic hydroxyl groups is 2. The van der Waals surface area contributed by atoms with E-state index < -0.39 is 12.1 Å². The molecule has 0 saturated carbocycles. The summed E-state index contributed by atoms with van der Waals surface area (Å²) in [6.07, 6.45) is 84.2. The van der Waals surface area contributed by atoms with Crippen LogP contribution in [0.4, 0.5) is 0 Å². The fraction of sp³-hybridized carbons (Fsp3) is 0.915. The molecule has 0 radical (unpaired) electrons. The molecule has 77 heavy (non-hydrogen) atoms. The molecule has 0 saturated heterocycles. The van der Waals surface area contributed by atoms with Gasteiger partial charge in [-0.3, -0.25) is 9.59 Å². The van der Waals surface area contributed by atoms with E-state index in [4.69, 9.17) is 4.74 Å². The van der Waals surface area contributed by atoms with E-state index in [0.717, 1.165) is 44.9 Å². The molecule has 0 aliphatic heterocycles. The van der Waals surface area contributed by atoms with Gasteiger partial charge in [-0.25, -0.2) is 0 Å². The highest BCUT2D eigenvalue weighted by atomic mass is 16.5. The maximum atomic E-state index is 12.4. The van der Waals surface area contributed by atoms with Crippen LogP contribution in [0, 0.1) is 0 Å². The largest absolute Gasteiger partial charge is 0.466 e. The molecule has 0 heterocycles. The van der Waals surface area contributed by atoms with Crippen molar-refractivity contribution in [2.24, 2.45) is 0 Å². The first kappa shape index (κ1) is 75.3. The van der Waals surface area contributed by atoms with Gasteiger partial charge in [0.15, 0.2) is 0 Å². The maximum absolute atomic E-state index is 12.4. The van der Waals surface area contributed by atoms with Crippen LogP contribution in [0.5, 0.6) is 0 Å². The number of rotatable bonds is 66. The summed E-state index contributed by atoms with van der Waals surface area (Å²) in [5, 5.41) is 23.1. The van der Waals surface area contributed by atoms with E-state index in [1.54, 1.807) is 6.08 Å². The van der Waals surface area contributed by atoms with E-state index in [9.17, 15) is 19.8 Å². The van der Waals surface area contributed by atoms with E-state index in [1.807, 2.05) is 6.08 Å². The van der Waals surface area contributed by atoms with Gasteiger partial charge >= 0.3 is 5.97 Å². The van der Waals surface area contributed by atoms with Gasteiger partial charge in [0, 0.05) is 12.8 Å². The number of amides is 1. The van der Waals surface area contributed by atoms with E-state index in [1.165, 1.54) is 321 Å². The third-order valence-electron chi connectivity index (χ3n) is 16.5. The van der Waals surface area contributed by atoms with Crippen molar-refractivity contribution in [3.05, 3.63) is 24.3 Å². The zero-order valence-electron chi connectivity index (χ0n) is 52.2. The Morgan fingerprint density at radius 2 is 0.610 bits per heavy atom. The molecular formula is C71H137NO5. The number of nitrogens with one attached hydrogen (secondary N) is 1. The summed E-state index contributed by atoms with van der Waals surface area (Å²) in [6.45, 7) is 4.91. The van der Waals surface area contributed by atoms with E-state index >= 15 is 0 Å². The lowest BCUT2D eigenvalue weighted by molar-refractivity contribution is -0.143. The molecule has 0 aliphatic carbocycles. The Labute approximate surface area is 481 Å². The highest BCUT2D eigenvalue weighted by Gasteiger charge is 2.18. The molecule has 1 amide bonds. The van der Waals surface area contributed by atoms with Gasteiger partial charge in [-0.1, -0.05) is 346 Å². The summed E-state index contributed by atoms with van der Waals surface area (Å²) in [4.78, 5) is 24.5. The maximum Gasteiger partial charge on any atom is 0.305 e. The number of carbonyl (C=O) groups excluding carboxylic acids is 2. The Balaban J connectivity index is 3.29. The molecule has 456 valence electrons. The lowest BCUT2D eigenvalue weighted by Gasteiger charge is -2.20. The van der Waals surface area contributed by atoms with Crippen LogP contribution in [0.3, 0.4) is 0 Å². The second-order valence-corrected chi connectivity index (χ2v) is 24.2. The molecule has 2 unspecified atom stereocenters. The van der Waals surface area contributed by atoms with Crippen LogP contribution in [0.25, 0.3) is 0 Å². The quantitative estimate of drug-likeness (QED) is 0.0320. The van der Waals surface area contributed by atoms with Crippen LogP contribution in [0.1, 0.15) is 393 Å². The van der Waals surface area contributed by atoms with Crippen LogP contribution in [0.15, 0.2) is 24.3 Å². The number of aliphatic hydroxyl groups excluding tert-OH is 2. The zero-order valence-corrected chi connectivity index (χ0v) is 52.2. The predicted molar refractivity (Wildman–Crippen MR) is 338 cm³/mol. The number of hydrogen-bond donors (Lipinski definition) is 3. The molecule has 0 spiro atoms. The van der Waals surface area contributed by atoms with Gasteiger partial charge in [-0.2, -0.15) is 0 Å². The molecular weight excluding hydrogens is 947 g/mol. The molecule has 2 atom stereocenters. The number of allylic oxidation sites excluding steroid dienone is 3. The second kappa shape index (κ2) is 66.8. The molecule has 0 fully saturated rings. The van der Waals surface area contributed by atoms with Crippen LogP contribution < -0.4 is 5.32 Å². The van der Waals surface area contributed by atoms with Crippen molar-refractivity contribution in [1.82, 2.24) is 5.32 Å². The smallest absolute Gasteiger partial charge is 0.305 e. The van der Waals surface area contributed by atoms with Crippen molar-refractivity contribution >= 4 is 11.9 Å². The molecule has 0 rings (SSSR count). The van der Waals surface area contributed by atoms with Crippen molar-refractivity contribution < 1.29 is 24.5 Å². The number of carbonyl (C=O) groups is 2. The van der Waals surface area contributed by atoms with Gasteiger partial charge in [0.05, 0.1) is 25.4 Å². The number of hydrogen-bond acceptors (Lipinski definition) is 5. The molecule has 0 aromatic rings.